The van der Waals surface area contributed by atoms with Crippen LogP contribution in [0.4, 0.5) is 0 Å². The molecule has 0 aliphatic rings. The Morgan fingerprint density at radius 1 is 1.00 bits per heavy atom. The fourth-order valence-electron chi connectivity index (χ4n) is 3.73. The molecule has 0 radical (unpaired) electrons. The summed E-state index contributed by atoms with van der Waals surface area (Å²) in [5.41, 5.74) is 8.44. The van der Waals surface area contributed by atoms with Gasteiger partial charge >= 0.3 is 5.97 Å². The number of aliphatic hydroxyl groups excluding tert-OH is 1. The molecule has 0 amide bonds. The predicted octanol–water partition coefficient (Wildman–Crippen LogP) is 4.28. The Kier molecular flexibility index (Phi) is 10.0. The van der Waals surface area contributed by atoms with Crippen LogP contribution in [0.2, 0.25) is 0 Å². The molecule has 2 aromatic rings. The predicted molar refractivity (Wildman–Crippen MR) is 126 cm³/mol. The highest BCUT2D eigenvalue weighted by molar-refractivity contribution is 5.69. The third kappa shape index (κ3) is 7.84. The van der Waals surface area contributed by atoms with Gasteiger partial charge in [0.25, 0.3) is 0 Å². The van der Waals surface area contributed by atoms with Crippen molar-refractivity contribution < 1.29 is 24.5 Å². The number of hydrogen-bond donors (Lipinski definition) is 3. The zero-order valence-corrected chi connectivity index (χ0v) is 19.5. The Morgan fingerprint density at radius 3 is 2.28 bits per heavy atom. The van der Waals surface area contributed by atoms with Gasteiger partial charge in [-0.3, -0.25) is 4.79 Å². The summed E-state index contributed by atoms with van der Waals surface area (Å²) in [5, 5.41) is 19.5. The SMILES string of the molecule is COc1ccc(CC(CC(N)C(O)CC(C)C(=O)O)C(C)C)cc1OCc1ccccc1. The average molecular weight is 444 g/mol. The van der Waals surface area contributed by atoms with Crippen LogP contribution in [0.1, 0.15) is 44.7 Å². The lowest BCUT2D eigenvalue weighted by molar-refractivity contribution is -0.142. The largest absolute Gasteiger partial charge is 0.493 e. The molecule has 4 atom stereocenters. The van der Waals surface area contributed by atoms with Crippen molar-refractivity contribution in [3.63, 3.8) is 0 Å². The Balaban J connectivity index is 2.07. The van der Waals surface area contributed by atoms with Crippen molar-refractivity contribution in [2.45, 2.75) is 58.8 Å². The van der Waals surface area contributed by atoms with Gasteiger partial charge in [0.2, 0.25) is 0 Å². The lowest BCUT2D eigenvalue weighted by atomic mass is 9.82. The van der Waals surface area contributed by atoms with Crippen molar-refractivity contribution in [1.29, 1.82) is 0 Å². The highest BCUT2D eigenvalue weighted by Crippen LogP contribution is 2.32. The maximum Gasteiger partial charge on any atom is 0.306 e. The molecular weight excluding hydrogens is 406 g/mol. The van der Waals surface area contributed by atoms with Gasteiger partial charge in [0.05, 0.1) is 19.1 Å². The molecule has 0 aliphatic carbocycles. The number of aliphatic carboxylic acids is 1. The maximum atomic E-state index is 11.1. The number of rotatable bonds is 13. The first-order valence-corrected chi connectivity index (χ1v) is 11.2. The number of carboxylic acids is 1. The molecule has 2 rings (SSSR count). The Hall–Kier alpha value is -2.57. The number of carboxylic acid groups (broad SMARTS) is 1. The van der Waals surface area contributed by atoms with E-state index >= 15 is 0 Å². The molecule has 0 spiro atoms. The second-order valence-corrected chi connectivity index (χ2v) is 8.91. The number of benzene rings is 2. The van der Waals surface area contributed by atoms with E-state index in [0.717, 1.165) is 17.5 Å². The van der Waals surface area contributed by atoms with Gasteiger partial charge in [-0.15, -0.1) is 0 Å². The van der Waals surface area contributed by atoms with Gasteiger partial charge in [0, 0.05) is 6.04 Å². The van der Waals surface area contributed by atoms with Crippen LogP contribution in [0.5, 0.6) is 11.5 Å². The minimum absolute atomic E-state index is 0.154. The molecule has 176 valence electrons. The molecule has 0 heterocycles. The van der Waals surface area contributed by atoms with E-state index in [1.165, 1.54) is 0 Å². The summed E-state index contributed by atoms with van der Waals surface area (Å²) in [6, 6.07) is 15.4. The minimum Gasteiger partial charge on any atom is -0.493 e. The quantitative estimate of drug-likeness (QED) is 0.427. The van der Waals surface area contributed by atoms with E-state index in [-0.39, 0.29) is 12.3 Å². The van der Waals surface area contributed by atoms with E-state index in [9.17, 15) is 9.90 Å². The molecule has 0 bridgehead atoms. The maximum absolute atomic E-state index is 11.1. The molecule has 32 heavy (non-hydrogen) atoms. The lowest BCUT2D eigenvalue weighted by Gasteiger charge is -2.28. The molecule has 0 aromatic heterocycles. The highest BCUT2D eigenvalue weighted by Gasteiger charge is 2.26. The fourth-order valence-corrected chi connectivity index (χ4v) is 3.73. The van der Waals surface area contributed by atoms with Gasteiger partial charge in [0.1, 0.15) is 6.61 Å². The second kappa shape index (κ2) is 12.5. The van der Waals surface area contributed by atoms with Crippen LogP contribution in [0.25, 0.3) is 0 Å². The molecule has 4 unspecified atom stereocenters. The number of ether oxygens (including phenoxy) is 2. The van der Waals surface area contributed by atoms with E-state index < -0.39 is 24.0 Å². The van der Waals surface area contributed by atoms with Crippen molar-refractivity contribution in [3.05, 3.63) is 59.7 Å². The van der Waals surface area contributed by atoms with Crippen LogP contribution >= 0.6 is 0 Å². The molecule has 0 aliphatic heterocycles. The summed E-state index contributed by atoms with van der Waals surface area (Å²) in [6.07, 6.45) is 0.694. The molecule has 6 heteroatoms. The van der Waals surface area contributed by atoms with Gasteiger partial charge in [-0.2, -0.15) is 0 Å². The first-order valence-electron chi connectivity index (χ1n) is 11.2. The van der Waals surface area contributed by atoms with Crippen molar-refractivity contribution in [2.75, 3.05) is 7.11 Å². The van der Waals surface area contributed by atoms with E-state index in [0.29, 0.717) is 30.4 Å². The van der Waals surface area contributed by atoms with E-state index in [2.05, 4.69) is 13.8 Å². The number of nitrogens with two attached hydrogens (primary N) is 1. The first-order chi connectivity index (χ1) is 15.2. The molecular formula is C26H37NO5. The van der Waals surface area contributed by atoms with Crippen molar-refractivity contribution in [1.82, 2.24) is 0 Å². The number of carbonyl (C=O) groups is 1. The van der Waals surface area contributed by atoms with E-state index in [4.69, 9.17) is 20.3 Å². The van der Waals surface area contributed by atoms with Gasteiger partial charge in [0.15, 0.2) is 11.5 Å². The van der Waals surface area contributed by atoms with E-state index in [1.807, 2.05) is 48.5 Å². The molecule has 0 fully saturated rings. The third-order valence-corrected chi connectivity index (χ3v) is 5.99. The Morgan fingerprint density at radius 2 is 1.69 bits per heavy atom. The highest BCUT2D eigenvalue weighted by atomic mass is 16.5. The van der Waals surface area contributed by atoms with Crippen LogP contribution in [0.3, 0.4) is 0 Å². The standard InChI is InChI=1S/C26H37NO5/c1-17(2)21(15-22(27)23(28)12-18(3)26(29)30)13-20-10-11-24(31-4)25(14-20)32-16-19-8-6-5-7-9-19/h5-11,14,17-18,21-23,28H,12-13,15-16,27H2,1-4H3,(H,29,30). The van der Waals surface area contributed by atoms with Gasteiger partial charge in [-0.1, -0.05) is 57.2 Å². The lowest BCUT2D eigenvalue weighted by Crippen LogP contribution is -2.39. The molecule has 4 N–H and O–H groups in total. The van der Waals surface area contributed by atoms with Gasteiger partial charge < -0.3 is 25.4 Å². The topological polar surface area (TPSA) is 102 Å². The van der Waals surface area contributed by atoms with Crippen molar-refractivity contribution >= 4 is 5.97 Å². The number of hydrogen-bond acceptors (Lipinski definition) is 5. The molecule has 2 aromatic carbocycles. The molecule has 0 saturated carbocycles. The summed E-state index contributed by atoms with van der Waals surface area (Å²) >= 11 is 0. The third-order valence-electron chi connectivity index (χ3n) is 5.99. The Labute approximate surface area is 191 Å². The van der Waals surface area contributed by atoms with Gasteiger partial charge in [-0.25, -0.2) is 0 Å². The summed E-state index contributed by atoms with van der Waals surface area (Å²) in [6.45, 7) is 6.32. The van der Waals surface area contributed by atoms with Crippen LogP contribution in [0, 0.1) is 17.8 Å². The minimum atomic E-state index is -0.919. The van der Waals surface area contributed by atoms with Crippen LogP contribution in [-0.2, 0) is 17.8 Å². The normalized spacial score (nSPS) is 15.1. The zero-order valence-electron chi connectivity index (χ0n) is 19.5. The van der Waals surface area contributed by atoms with Crippen LogP contribution in [-0.4, -0.2) is 35.4 Å². The summed E-state index contributed by atoms with van der Waals surface area (Å²) in [4.78, 5) is 11.1. The monoisotopic (exact) mass is 443 g/mol. The molecule has 6 nitrogen and oxygen atoms in total. The van der Waals surface area contributed by atoms with Crippen LogP contribution in [0.15, 0.2) is 48.5 Å². The Bertz CT molecular complexity index is 839. The smallest absolute Gasteiger partial charge is 0.306 e. The van der Waals surface area contributed by atoms with Crippen molar-refractivity contribution in [2.24, 2.45) is 23.5 Å². The number of methoxy groups -OCH3 is 1. The van der Waals surface area contributed by atoms with E-state index in [1.54, 1.807) is 14.0 Å². The van der Waals surface area contributed by atoms with Gasteiger partial charge in [-0.05, 0) is 54.4 Å². The fraction of sp³-hybridized carbons (Fsp3) is 0.500. The second-order valence-electron chi connectivity index (χ2n) is 8.91. The average Bonchev–Trinajstić information content (AvgIpc) is 2.77. The van der Waals surface area contributed by atoms with Crippen molar-refractivity contribution in [3.8, 4) is 11.5 Å². The zero-order chi connectivity index (χ0) is 23.7. The summed E-state index contributed by atoms with van der Waals surface area (Å²) in [5.74, 6) is 0.407. The van der Waals surface area contributed by atoms with Crippen LogP contribution < -0.4 is 15.2 Å². The first kappa shape index (κ1) is 25.7. The molecule has 0 saturated heterocycles. The summed E-state index contributed by atoms with van der Waals surface area (Å²) < 4.78 is 11.5. The summed E-state index contributed by atoms with van der Waals surface area (Å²) in [7, 11) is 1.62. The number of aliphatic hydroxyl groups is 1.